The first-order valence-corrected chi connectivity index (χ1v) is 9.06. The maximum Gasteiger partial charge on any atom is 0.344 e. The number of rotatable bonds is 3. The van der Waals surface area contributed by atoms with Gasteiger partial charge in [0.2, 0.25) is 0 Å². The molecule has 4 rings (SSSR count). The Kier molecular flexibility index (Phi) is 4.46. The van der Waals surface area contributed by atoms with Crippen LogP contribution in [0.2, 0.25) is 5.02 Å². The SMILES string of the molecule is Cc1ccc(Nc2ccc3c(C)c(-c4ccc(Cl)cc4)c(=O)oc3c2)cc1. The van der Waals surface area contributed by atoms with Crippen LogP contribution in [0.1, 0.15) is 11.1 Å². The van der Waals surface area contributed by atoms with Crippen molar-refractivity contribution >= 4 is 33.9 Å². The molecule has 0 unspecified atom stereocenters. The lowest BCUT2D eigenvalue weighted by atomic mass is 9.99. The van der Waals surface area contributed by atoms with E-state index in [9.17, 15) is 4.79 Å². The molecule has 1 aromatic heterocycles. The Labute approximate surface area is 162 Å². The van der Waals surface area contributed by atoms with Crippen molar-refractivity contribution < 1.29 is 4.42 Å². The zero-order valence-electron chi connectivity index (χ0n) is 15.0. The summed E-state index contributed by atoms with van der Waals surface area (Å²) < 4.78 is 5.63. The zero-order valence-corrected chi connectivity index (χ0v) is 15.8. The summed E-state index contributed by atoms with van der Waals surface area (Å²) >= 11 is 5.96. The molecule has 1 N–H and O–H groups in total. The third kappa shape index (κ3) is 3.46. The average molecular weight is 376 g/mol. The van der Waals surface area contributed by atoms with Gasteiger partial charge in [-0.05, 0) is 61.4 Å². The van der Waals surface area contributed by atoms with E-state index in [-0.39, 0.29) is 5.63 Å². The van der Waals surface area contributed by atoms with E-state index in [2.05, 4.69) is 12.2 Å². The third-order valence-corrected chi connectivity index (χ3v) is 4.89. The highest BCUT2D eigenvalue weighted by molar-refractivity contribution is 6.30. The number of nitrogens with one attached hydrogen (secondary N) is 1. The second-order valence-electron chi connectivity index (χ2n) is 6.60. The van der Waals surface area contributed by atoms with Gasteiger partial charge in [-0.3, -0.25) is 0 Å². The minimum Gasteiger partial charge on any atom is -0.422 e. The molecular weight excluding hydrogens is 358 g/mol. The molecule has 27 heavy (non-hydrogen) atoms. The van der Waals surface area contributed by atoms with Crippen molar-refractivity contribution in [1.82, 2.24) is 0 Å². The van der Waals surface area contributed by atoms with Crippen LogP contribution < -0.4 is 10.9 Å². The maximum absolute atomic E-state index is 12.6. The molecule has 0 aliphatic heterocycles. The van der Waals surface area contributed by atoms with Crippen molar-refractivity contribution in [2.24, 2.45) is 0 Å². The molecule has 0 saturated heterocycles. The van der Waals surface area contributed by atoms with Gasteiger partial charge in [-0.1, -0.05) is 41.4 Å². The van der Waals surface area contributed by atoms with Gasteiger partial charge in [0, 0.05) is 27.8 Å². The first-order chi connectivity index (χ1) is 13.0. The van der Waals surface area contributed by atoms with Gasteiger partial charge >= 0.3 is 5.63 Å². The van der Waals surface area contributed by atoms with Crippen molar-refractivity contribution in [3.8, 4) is 11.1 Å². The van der Waals surface area contributed by atoms with Gasteiger partial charge in [0.1, 0.15) is 5.58 Å². The third-order valence-electron chi connectivity index (χ3n) is 4.64. The fraction of sp³-hybridized carbons (Fsp3) is 0.0870. The fourth-order valence-corrected chi connectivity index (χ4v) is 3.31. The van der Waals surface area contributed by atoms with Crippen LogP contribution in [0.15, 0.2) is 75.9 Å². The van der Waals surface area contributed by atoms with E-state index < -0.39 is 0 Å². The smallest absolute Gasteiger partial charge is 0.344 e. The Morgan fingerprint density at radius 2 is 1.52 bits per heavy atom. The van der Waals surface area contributed by atoms with Gasteiger partial charge in [0.05, 0.1) is 5.56 Å². The minimum absolute atomic E-state index is 0.352. The highest BCUT2D eigenvalue weighted by Gasteiger charge is 2.13. The molecule has 3 aromatic carbocycles. The van der Waals surface area contributed by atoms with E-state index in [1.165, 1.54) is 5.56 Å². The summed E-state index contributed by atoms with van der Waals surface area (Å²) in [7, 11) is 0. The summed E-state index contributed by atoms with van der Waals surface area (Å²) in [6.45, 7) is 3.99. The standard InChI is InChI=1S/C23H18ClNO2/c1-14-3-9-18(10-4-14)25-19-11-12-20-15(2)22(23(26)27-21(20)13-19)16-5-7-17(24)8-6-16/h3-13,25H,1-2H3. The molecule has 134 valence electrons. The van der Waals surface area contributed by atoms with Crippen LogP contribution in [-0.2, 0) is 0 Å². The lowest BCUT2D eigenvalue weighted by molar-refractivity contribution is 0.562. The van der Waals surface area contributed by atoms with Crippen LogP contribution in [-0.4, -0.2) is 0 Å². The maximum atomic E-state index is 12.6. The normalized spacial score (nSPS) is 10.9. The molecule has 1 heterocycles. The van der Waals surface area contributed by atoms with Crippen molar-refractivity contribution in [1.29, 1.82) is 0 Å². The van der Waals surface area contributed by atoms with E-state index in [4.69, 9.17) is 16.0 Å². The Morgan fingerprint density at radius 1 is 0.852 bits per heavy atom. The average Bonchev–Trinajstić information content (AvgIpc) is 2.65. The van der Waals surface area contributed by atoms with Gasteiger partial charge in [-0.2, -0.15) is 0 Å². The van der Waals surface area contributed by atoms with E-state index in [0.717, 1.165) is 27.9 Å². The number of fused-ring (bicyclic) bond motifs is 1. The molecule has 0 bridgehead atoms. The van der Waals surface area contributed by atoms with Crippen molar-refractivity contribution in [3.05, 3.63) is 93.3 Å². The Balaban J connectivity index is 1.77. The van der Waals surface area contributed by atoms with Crippen LogP contribution in [0.4, 0.5) is 11.4 Å². The number of anilines is 2. The summed E-state index contributed by atoms with van der Waals surface area (Å²) in [5.41, 5.74) is 5.53. The molecular formula is C23H18ClNO2. The summed E-state index contributed by atoms with van der Waals surface area (Å²) in [6, 6.07) is 21.2. The lowest BCUT2D eigenvalue weighted by Gasteiger charge is -2.11. The van der Waals surface area contributed by atoms with Crippen molar-refractivity contribution in [3.63, 3.8) is 0 Å². The topological polar surface area (TPSA) is 42.2 Å². The lowest BCUT2D eigenvalue weighted by Crippen LogP contribution is -2.06. The summed E-state index contributed by atoms with van der Waals surface area (Å²) in [4.78, 5) is 12.6. The molecule has 0 saturated carbocycles. The van der Waals surface area contributed by atoms with Crippen molar-refractivity contribution in [2.45, 2.75) is 13.8 Å². The number of aryl methyl sites for hydroxylation is 2. The quantitative estimate of drug-likeness (QED) is 0.417. The van der Waals surface area contributed by atoms with Gasteiger partial charge < -0.3 is 9.73 Å². The van der Waals surface area contributed by atoms with Crippen LogP contribution >= 0.6 is 11.6 Å². The monoisotopic (exact) mass is 375 g/mol. The highest BCUT2D eigenvalue weighted by Crippen LogP contribution is 2.29. The second-order valence-corrected chi connectivity index (χ2v) is 7.03. The second kappa shape index (κ2) is 6.93. The first kappa shape index (κ1) is 17.4. The van der Waals surface area contributed by atoms with Crippen LogP contribution in [0, 0.1) is 13.8 Å². The van der Waals surface area contributed by atoms with Gasteiger partial charge in [0.25, 0.3) is 0 Å². The predicted octanol–water partition coefficient (Wildman–Crippen LogP) is 6.47. The van der Waals surface area contributed by atoms with E-state index in [1.807, 2.05) is 61.5 Å². The highest BCUT2D eigenvalue weighted by atomic mass is 35.5. The summed E-state index contributed by atoms with van der Waals surface area (Å²) in [5.74, 6) is 0. The molecule has 0 radical (unpaired) electrons. The van der Waals surface area contributed by atoms with Crippen LogP contribution in [0.5, 0.6) is 0 Å². The summed E-state index contributed by atoms with van der Waals surface area (Å²) in [6.07, 6.45) is 0. The number of hydrogen-bond acceptors (Lipinski definition) is 3. The largest absolute Gasteiger partial charge is 0.422 e. The van der Waals surface area contributed by atoms with E-state index >= 15 is 0 Å². The summed E-state index contributed by atoms with van der Waals surface area (Å²) in [5, 5.41) is 4.88. The van der Waals surface area contributed by atoms with Crippen LogP contribution in [0.25, 0.3) is 22.1 Å². The molecule has 0 amide bonds. The van der Waals surface area contributed by atoms with Gasteiger partial charge in [-0.25, -0.2) is 4.79 Å². The Bertz CT molecular complexity index is 1180. The molecule has 0 spiro atoms. The number of benzene rings is 3. The fourth-order valence-electron chi connectivity index (χ4n) is 3.19. The molecule has 4 aromatic rings. The Morgan fingerprint density at radius 3 is 2.22 bits per heavy atom. The molecule has 0 aliphatic rings. The number of halogens is 1. The molecule has 0 aliphatic carbocycles. The zero-order chi connectivity index (χ0) is 19.0. The number of hydrogen-bond donors (Lipinski definition) is 1. The van der Waals surface area contributed by atoms with E-state index in [1.54, 1.807) is 12.1 Å². The first-order valence-electron chi connectivity index (χ1n) is 8.68. The Hall–Kier alpha value is -3.04. The van der Waals surface area contributed by atoms with Crippen LogP contribution in [0.3, 0.4) is 0 Å². The molecule has 0 atom stereocenters. The van der Waals surface area contributed by atoms with Gasteiger partial charge in [0.15, 0.2) is 0 Å². The van der Waals surface area contributed by atoms with Gasteiger partial charge in [-0.15, -0.1) is 0 Å². The minimum atomic E-state index is -0.352. The van der Waals surface area contributed by atoms with Crippen molar-refractivity contribution in [2.75, 3.05) is 5.32 Å². The molecule has 0 fully saturated rings. The molecule has 3 nitrogen and oxygen atoms in total. The van der Waals surface area contributed by atoms with E-state index in [0.29, 0.717) is 16.2 Å². The molecule has 4 heteroatoms. The predicted molar refractivity (Wildman–Crippen MR) is 112 cm³/mol.